The first-order chi connectivity index (χ1) is 14.8. The van der Waals surface area contributed by atoms with Crippen molar-refractivity contribution in [2.24, 2.45) is 0 Å². The highest BCUT2D eigenvalue weighted by atomic mass is 32.2. The predicted molar refractivity (Wildman–Crippen MR) is 124 cm³/mol. The lowest BCUT2D eigenvalue weighted by molar-refractivity contribution is 0.677. The summed E-state index contributed by atoms with van der Waals surface area (Å²) in [6.45, 7) is 4.66. The van der Waals surface area contributed by atoms with Crippen LogP contribution in [-0.4, -0.2) is 19.7 Å². The zero-order chi connectivity index (χ0) is 20.3. The molecule has 2 aromatic heterocycles. The molecule has 1 aliphatic carbocycles. The van der Waals surface area contributed by atoms with Gasteiger partial charge in [0.1, 0.15) is 10.8 Å². The first kappa shape index (κ1) is 19.3. The Morgan fingerprint density at radius 1 is 1.03 bits per heavy atom. The van der Waals surface area contributed by atoms with Gasteiger partial charge in [0, 0.05) is 29.2 Å². The summed E-state index contributed by atoms with van der Waals surface area (Å²) in [4.78, 5) is 4.80. The maximum atomic E-state index is 4.80. The highest BCUT2D eigenvalue weighted by Crippen LogP contribution is 2.54. The van der Waals surface area contributed by atoms with E-state index < -0.39 is 0 Å². The number of thioether (sulfide) groups is 1. The molecule has 1 fully saturated rings. The van der Waals surface area contributed by atoms with Crippen LogP contribution in [0.4, 0.5) is 0 Å². The second kappa shape index (κ2) is 8.58. The summed E-state index contributed by atoms with van der Waals surface area (Å²) < 4.78 is 2.22. The van der Waals surface area contributed by atoms with Crippen molar-refractivity contribution in [2.45, 2.75) is 35.7 Å². The molecule has 0 radical (unpaired) electrons. The first-order valence-corrected chi connectivity index (χ1v) is 11.9. The van der Waals surface area contributed by atoms with Crippen molar-refractivity contribution in [3.8, 4) is 10.6 Å². The van der Waals surface area contributed by atoms with E-state index in [4.69, 9.17) is 4.98 Å². The highest BCUT2D eigenvalue weighted by molar-refractivity contribution is 7.98. The van der Waals surface area contributed by atoms with Crippen LogP contribution in [0, 0.1) is 0 Å². The van der Waals surface area contributed by atoms with Crippen LogP contribution < -0.4 is 0 Å². The van der Waals surface area contributed by atoms with Crippen molar-refractivity contribution in [3.05, 3.63) is 95.8 Å². The van der Waals surface area contributed by atoms with Gasteiger partial charge in [-0.05, 0) is 17.9 Å². The molecule has 4 nitrogen and oxygen atoms in total. The Balaban J connectivity index is 1.30. The lowest BCUT2D eigenvalue weighted by atomic mass is 10.1. The van der Waals surface area contributed by atoms with E-state index in [1.807, 2.05) is 24.3 Å². The van der Waals surface area contributed by atoms with Crippen molar-refractivity contribution >= 4 is 23.1 Å². The number of thiazole rings is 1. The Labute approximate surface area is 184 Å². The molecule has 0 N–H and O–H groups in total. The van der Waals surface area contributed by atoms with Gasteiger partial charge in [-0.15, -0.1) is 28.1 Å². The average molecular weight is 431 g/mol. The fourth-order valence-corrected chi connectivity index (χ4v) is 5.53. The van der Waals surface area contributed by atoms with Gasteiger partial charge in [-0.1, -0.05) is 78.5 Å². The molecule has 1 saturated carbocycles. The fraction of sp³-hybridized carbons (Fsp3) is 0.208. The van der Waals surface area contributed by atoms with E-state index in [9.17, 15) is 0 Å². The third-order valence-corrected chi connectivity index (χ3v) is 7.27. The van der Waals surface area contributed by atoms with E-state index in [0.717, 1.165) is 46.0 Å². The Morgan fingerprint density at radius 3 is 2.57 bits per heavy atom. The molecule has 150 valence electrons. The van der Waals surface area contributed by atoms with E-state index in [1.165, 1.54) is 5.56 Å². The molecule has 2 atom stereocenters. The summed E-state index contributed by atoms with van der Waals surface area (Å²) >= 11 is 3.38. The average Bonchev–Trinajstić information content (AvgIpc) is 3.26. The van der Waals surface area contributed by atoms with Crippen molar-refractivity contribution < 1.29 is 0 Å². The molecule has 0 spiro atoms. The first-order valence-electron chi connectivity index (χ1n) is 10.0. The SMILES string of the molecule is C=CCn1c(SCc2csc(-c3ccccc3)n2)nnc1C1CC1c1ccccc1. The summed E-state index contributed by atoms with van der Waals surface area (Å²) in [5.41, 5.74) is 3.63. The fourth-order valence-electron chi connectivity index (χ4n) is 3.76. The highest BCUT2D eigenvalue weighted by Gasteiger charge is 2.43. The van der Waals surface area contributed by atoms with Gasteiger partial charge >= 0.3 is 0 Å². The molecular formula is C24H22N4S2. The van der Waals surface area contributed by atoms with Gasteiger partial charge < -0.3 is 4.57 Å². The predicted octanol–water partition coefficient (Wildman–Crippen LogP) is 6.15. The molecule has 5 rings (SSSR count). The molecule has 30 heavy (non-hydrogen) atoms. The molecule has 2 heterocycles. The van der Waals surface area contributed by atoms with Crippen LogP contribution in [0.1, 0.15) is 35.3 Å². The third kappa shape index (κ3) is 3.98. The van der Waals surface area contributed by atoms with E-state index >= 15 is 0 Å². The van der Waals surface area contributed by atoms with E-state index in [-0.39, 0.29) is 0 Å². The van der Waals surface area contributed by atoms with Crippen LogP contribution in [0.5, 0.6) is 0 Å². The summed E-state index contributed by atoms with van der Waals surface area (Å²) in [6.07, 6.45) is 3.06. The number of benzene rings is 2. The molecular weight excluding hydrogens is 408 g/mol. The second-order valence-electron chi connectivity index (χ2n) is 7.40. The number of hydrogen-bond donors (Lipinski definition) is 0. The van der Waals surface area contributed by atoms with Crippen molar-refractivity contribution in [3.63, 3.8) is 0 Å². The summed E-state index contributed by atoms with van der Waals surface area (Å²) in [5, 5.41) is 13.2. The zero-order valence-electron chi connectivity index (χ0n) is 16.5. The quantitative estimate of drug-likeness (QED) is 0.248. The molecule has 1 aliphatic rings. The van der Waals surface area contributed by atoms with Gasteiger partial charge in [-0.3, -0.25) is 0 Å². The lowest BCUT2D eigenvalue weighted by Crippen LogP contribution is -2.03. The standard InChI is InChI=1S/C24H22N4S2/c1-2-13-28-22(21-14-20(21)17-9-5-3-6-10-17)26-27-24(28)30-16-19-15-29-23(25-19)18-11-7-4-8-12-18/h2-12,15,20-21H,1,13-14,16H2. The van der Waals surface area contributed by atoms with Gasteiger partial charge in [0.15, 0.2) is 5.16 Å². The van der Waals surface area contributed by atoms with Gasteiger partial charge in [-0.2, -0.15) is 0 Å². The maximum absolute atomic E-state index is 4.80. The molecule has 0 bridgehead atoms. The second-order valence-corrected chi connectivity index (χ2v) is 9.20. The van der Waals surface area contributed by atoms with Gasteiger partial charge in [0.2, 0.25) is 0 Å². The molecule has 0 aliphatic heterocycles. The summed E-state index contributed by atoms with van der Waals surface area (Å²) in [7, 11) is 0. The third-order valence-electron chi connectivity index (χ3n) is 5.33. The van der Waals surface area contributed by atoms with Crippen LogP contribution in [0.25, 0.3) is 10.6 Å². The van der Waals surface area contributed by atoms with E-state index in [1.54, 1.807) is 23.1 Å². The van der Waals surface area contributed by atoms with Crippen molar-refractivity contribution in [2.75, 3.05) is 0 Å². The minimum atomic E-state index is 0.443. The number of allylic oxidation sites excluding steroid dienone is 1. The number of rotatable bonds is 8. The van der Waals surface area contributed by atoms with Crippen LogP contribution in [-0.2, 0) is 12.3 Å². The minimum absolute atomic E-state index is 0.443. The minimum Gasteiger partial charge on any atom is -0.302 e. The zero-order valence-corrected chi connectivity index (χ0v) is 18.1. The molecule has 0 saturated heterocycles. The normalized spacial score (nSPS) is 17.7. The Bertz CT molecular complexity index is 1130. The summed E-state index contributed by atoms with van der Waals surface area (Å²) in [6, 6.07) is 21.0. The Hall–Kier alpha value is -2.70. The van der Waals surface area contributed by atoms with Crippen LogP contribution in [0.2, 0.25) is 0 Å². The van der Waals surface area contributed by atoms with Gasteiger partial charge in [0.05, 0.1) is 5.69 Å². The monoisotopic (exact) mass is 430 g/mol. The molecule has 2 unspecified atom stereocenters. The van der Waals surface area contributed by atoms with Gasteiger partial charge in [-0.25, -0.2) is 4.98 Å². The topological polar surface area (TPSA) is 43.6 Å². The van der Waals surface area contributed by atoms with Crippen LogP contribution in [0.15, 0.2) is 83.9 Å². The number of aromatic nitrogens is 4. The Kier molecular flexibility index (Phi) is 5.51. The maximum Gasteiger partial charge on any atom is 0.191 e. The summed E-state index contributed by atoms with van der Waals surface area (Å²) in [5.74, 6) is 2.85. The lowest BCUT2D eigenvalue weighted by Gasteiger charge is -2.07. The van der Waals surface area contributed by atoms with E-state index in [2.05, 4.69) is 69.2 Å². The number of nitrogens with zero attached hydrogens (tertiary/aromatic N) is 4. The molecule has 2 aromatic carbocycles. The number of hydrogen-bond acceptors (Lipinski definition) is 5. The smallest absolute Gasteiger partial charge is 0.191 e. The van der Waals surface area contributed by atoms with Crippen molar-refractivity contribution in [1.82, 2.24) is 19.7 Å². The molecule has 4 aromatic rings. The van der Waals surface area contributed by atoms with Crippen molar-refractivity contribution in [1.29, 1.82) is 0 Å². The van der Waals surface area contributed by atoms with Crippen LogP contribution in [0.3, 0.4) is 0 Å². The molecule has 0 amide bonds. The molecule has 6 heteroatoms. The largest absolute Gasteiger partial charge is 0.302 e. The Morgan fingerprint density at radius 2 is 1.80 bits per heavy atom. The van der Waals surface area contributed by atoms with E-state index in [0.29, 0.717) is 11.8 Å². The van der Waals surface area contributed by atoms with Crippen LogP contribution >= 0.6 is 23.1 Å². The van der Waals surface area contributed by atoms with Gasteiger partial charge in [0.25, 0.3) is 0 Å².